The lowest BCUT2D eigenvalue weighted by atomic mass is 9.79. The maximum atomic E-state index is 15.5. The van der Waals surface area contributed by atoms with E-state index in [4.69, 9.17) is 14.2 Å². The highest BCUT2D eigenvalue weighted by molar-refractivity contribution is 5.89. The minimum Gasteiger partial charge on any atom is -0.481 e. The normalized spacial score (nSPS) is 17.6. The molecule has 0 aromatic heterocycles. The molecule has 0 radical (unpaired) electrons. The summed E-state index contributed by atoms with van der Waals surface area (Å²) in [5.74, 6) is -2.63. The Balaban J connectivity index is 0.000000934. The zero-order valence-electron chi connectivity index (χ0n) is 28.4. The summed E-state index contributed by atoms with van der Waals surface area (Å²) in [6.45, 7) is 18.2. The fourth-order valence-corrected chi connectivity index (χ4v) is 5.19. The van der Waals surface area contributed by atoms with E-state index in [1.807, 2.05) is 45.9 Å². The molecule has 3 heterocycles. The molecular weight excluding hydrogens is 580 g/mol. The maximum Gasteiger partial charge on any atom is 0.410 e. The van der Waals surface area contributed by atoms with Crippen molar-refractivity contribution >= 4 is 17.8 Å². The van der Waals surface area contributed by atoms with E-state index in [2.05, 4.69) is 19.2 Å². The van der Waals surface area contributed by atoms with Crippen LogP contribution in [0.3, 0.4) is 0 Å². The first-order valence-corrected chi connectivity index (χ1v) is 16.5. The topological polar surface area (TPSA) is 80.3 Å². The number of hydrogen-bond donors (Lipinski definition) is 1. The third kappa shape index (κ3) is 9.79. The molecular formula is C35H53F2N3O5. The van der Waals surface area contributed by atoms with Gasteiger partial charge >= 0.3 is 12.1 Å². The highest BCUT2D eigenvalue weighted by atomic mass is 19.3. The van der Waals surface area contributed by atoms with Crippen molar-refractivity contribution in [1.29, 1.82) is 0 Å². The third-order valence-corrected chi connectivity index (χ3v) is 7.38. The largest absolute Gasteiger partial charge is 0.481 e. The number of alkyl halides is 2. The van der Waals surface area contributed by atoms with E-state index in [1.165, 1.54) is 11.3 Å². The van der Waals surface area contributed by atoms with Crippen molar-refractivity contribution in [3.63, 3.8) is 0 Å². The molecule has 1 N–H and O–H groups in total. The first kappa shape index (κ1) is 37.8. The molecule has 2 fully saturated rings. The molecule has 8 nitrogen and oxygen atoms in total. The van der Waals surface area contributed by atoms with Crippen LogP contribution < -0.4 is 10.1 Å². The number of ether oxygens (including phenoxy) is 3. The first-order chi connectivity index (χ1) is 21.6. The fourth-order valence-electron chi connectivity index (χ4n) is 5.19. The van der Waals surface area contributed by atoms with Crippen molar-refractivity contribution in [2.75, 3.05) is 44.7 Å². The predicted octanol–water partition coefficient (Wildman–Crippen LogP) is 8.64. The number of halogens is 2. The Hall–Kier alpha value is -3.40. The van der Waals surface area contributed by atoms with E-state index in [0.717, 1.165) is 11.1 Å². The lowest BCUT2D eigenvalue weighted by Gasteiger charge is -2.48. The van der Waals surface area contributed by atoms with Gasteiger partial charge in [0.15, 0.2) is 5.60 Å². The number of nitrogens with zero attached hydrogens (tertiary/aromatic N) is 2. The second-order valence-electron chi connectivity index (χ2n) is 11.0. The Morgan fingerprint density at radius 3 is 2.00 bits per heavy atom. The molecule has 3 amide bonds. The number of rotatable bonds is 3. The summed E-state index contributed by atoms with van der Waals surface area (Å²) in [5.41, 5.74) is 1.10. The molecule has 0 atom stereocenters. The van der Waals surface area contributed by atoms with Crippen molar-refractivity contribution in [3.8, 4) is 16.9 Å². The number of hydrogen-bond acceptors (Lipinski definition) is 5. The summed E-state index contributed by atoms with van der Waals surface area (Å²) < 4.78 is 47.5. The van der Waals surface area contributed by atoms with Gasteiger partial charge in [0.05, 0.1) is 19.3 Å². The van der Waals surface area contributed by atoms with Crippen LogP contribution >= 0.6 is 0 Å². The molecule has 5 rings (SSSR count). The Labute approximate surface area is 268 Å². The molecule has 0 saturated carbocycles. The fraction of sp³-hybridized carbons (Fsp3) is 0.600. The number of benzene rings is 2. The van der Waals surface area contributed by atoms with Crippen molar-refractivity contribution < 1.29 is 32.6 Å². The van der Waals surface area contributed by atoms with E-state index in [9.17, 15) is 9.59 Å². The van der Waals surface area contributed by atoms with Gasteiger partial charge < -0.3 is 29.3 Å². The summed E-state index contributed by atoms with van der Waals surface area (Å²) in [5, 5.41) is 2.88. The minimum atomic E-state index is -3.08. The number of nitrogens with one attached hydrogen (secondary N) is 1. The summed E-state index contributed by atoms with van der Waals surface area (Å²) in [6.07, 6.45) is 0.140. The smallest absolute Gasteiger partial charge is 0.410 e. The van der Waals surface area contributed by atoms with Crippen LogP contribution in [0.15, 0.2) is 42.5 Å². The van der Waals surface area contributed by atoms with Crippen molar-refractivity contribution in [3.05, 3.63) is 48.0 Å². The third-order valence-electron chi connectivity index (χ3n) is 7.38. The van der Waals surface area contributed by atoms with Crippen molar-refractivity contribution in [1.82, 2.24) is 9.80 Å². The average Bonchev–Trinajstić information content (AvgIpc) is 3.04. The Morgan fingerprint density at radius 2 is 1.44 bits per heavy atom. The molecule has 2 saturated heterocycles. The van der Waals surface area contributed by atoms with Crippen LogP contribution in [0.4, 0.5) is 24.1 Å². The number of amides is 3. The van der Waals surface area contributed by atoms with Gasteiger partial charge in [-0.1, -0.05) is 66.2 Å². The van der Waals surface area contributed by atoms with Gasteiger partial charge in [0, 0.05) is 56.7 Å². The molecule has 252 valence electrons. The first-order valence-electron chi connectivity index (χ1n) is 16.5. The van der Waals surface area contributed by atoms with Crippen LogP contribution in [-0.4, -0.2) is 78.9 Å². The number of anilines is 1. The standard InChI is InChI=1S/C28H33F2N3O5.C3H8.2C2H6/c1-19(2)37-26(35)33-11-9-27(10-12-33)28(29,30)18-22-17-21(5-8-24(22)38-27)20-3-6-23(7-4-20)31-25(34)32-13-15-36-16-14-32;1-3-2;2*1-2/h3-8,17,19H,9-16,18H2,1-2H3,(H,31,34);3H2,1-2H3;2*1-2H3. The Morgan fingerprint density at radius 1 is 0.889 bits per heavy atom. The van der Waals surface area contributed by atoms with Gasteiger partial charge in [-0.3, -0.25) is 0 Å². The second-order valence-corrected chi connectivity index (χ2v) is 11.0. The predicted molar refractivity (Wildman–Crippen MR) is 176 cm³/mol. The van der Waals surface area contributed by atoms with Gasteiger partial charge in [0.2, 0.25) is 0 Å². The molecule has 1 spiro atoms. The zero-order valence-corrected chi connectivity index (χ0v) is 28.4. The summed E-state index contributed by atoms with van der Waals surface area (Å²) in [7, 11) is 0. The van der Waals surface area contributed by atoms with E-state index in [0.29, 0.717) is 43.3 Å². The van der Waals surface area contributed by atoms with E-state index >= 15 is 8.78 Å². The Kier molecular flexibility index (Phi) is 15.1. The van der Waals surface area contributed by atoms with Gasteiger partial charge in [0.1, 0.15) is 5.75 Å². The summed E-state index contributed by atoms with van der Waals surface area (Å²) >= 11 is 0. The highest BCUT2D eigenvalue weighted by Gasteiger charge is 2.59. The van der Waals surface area contributed by atoms with Crippen LogP contribution in [0.2, 0.25) is 0 Å². The number of piperidine rings is 1. The molecule has 3 aliphatic heterocycles. The van der Waals surface area contributed by atoms with E-state index < -0.39 is 24.0 Å². The molecule has 10 heteroatoms. The van der Waals surface area contributed by atoms with Crippen LogP contribution in [0.1, 0.15) is 80.2 Å². The molecule has 45 heavy (non-hydrogen) atoms. The molecule has 3 aliphatic rings. The zero-order chi connectivity index (χ0) is 33.6. The SMILES string of the molecule is CC.CC.CC(C)OC(=O)N1CCC2(CC1)Oc1ccc(-c3ccc(NC(=O)N4CCOCC4)cc3)cc1CC2(F)F.CCC. The molecule has 0 aliphatic carbocycles. The van der Waals surface area contributed by atoms with Gasteiger partial charge in [0.25, 0.3) is 5.92 Å². The monoisotopic (exact) mass is 633 g/mol. The maximum absolute atomic E-state index is 15.5. The number of carbonyl (C=O) groups excluding carboxylic acids is 2. The van der Waals surface area contributed by atoms with Gasteiger partial charge in [-0.05, 0) is 49.2 Å². The van der Waals surface area contributed by atoms with Crippen LogP contribution in [0.5, 0.6) is 5.75 Å². The summed E-state index contributed by atoms with van der Waals surface area (Å²) in [6, 6.07) is 12.5. The van der Waals surface area contributed by atoms with Crippen LogP contribution in [0, 0.1) is 0 Å². The minimum absolute atomic E-state index is 0.0338. The van der Waals surface area contributed by atoms with Gasteiger partial charge in [-0.15, -0.1) is 0 Å². The number of fused-ring (bicyclic) bond motifs is 1. The molecule has 2 aromatic rings. The van der Waals surface area contributed by atoms with Crippen molar-refractivity contribution in [2.24, 2.45) is 0 Å². The second kappa shape index (κ2) is 17.9. The lowest BCUT2D eigenvalue weighted by Crippen LogP contribution is -2.62. The van der Waals surface area contributed by atoms with E-state index in [1.54, 1.807) is 43.0 Å². The molecule has 0 unspecified atom stereocenters. The highest BCUT2D eigenvalue weighted by Crippen LogP contribution is 2.49. The van der Waals surface area contributed by atoms with Gasteiger partial charge in [-0.25, -0.2) is 18.4 Å². The van der Waals surface area contributed by atoms with Crippen LogP contribution in [0.25, 0.3) is 11.1 Å². The number of carbonyl (C=O) groups is 2. The number of urea groups is 1. The lowest BCUT2D eigenvalue weighted by molar-refractivity contribution is -0.193. The Bertz CT molecular complexity index is 1190. The van der Waals surface area contributed by atoms with Crippen molar-refractivity contribution in [2.45, 2.75) is 98.7 Å². The molecule has 0 bridgehead atoms. The number of likely N-dealkylation sites (tertiary alicyclic amines) is 1. The summed E-state index contributed by atoms with van der Waals surface area (Å²) in [4.78, 5) is 27.8. The average molecular weight is 634 g/mol. The van der Waals surface area contributed by atoms with Crippen LogP contribution in [-0.2, 0) is 15.9 Å². The number of morpholine rings is 1. The van der Waals surface area contributed by atoms with E-state index in [-0.39, 0.29) is 38.1 Å². The molecule has 2 aromatic carbocycles. The quantitative estimate of drug-likeness (QED) is 0.366. The van der Waals surface area contributed by atoms with Gasteiger partial charge in [-0.2, -0.15) is 0 Å².